The Morgan fingerprint density at radius 2 is 1.78 bits per heavy atom. The molecule has 2 fully saturated rings. The van der Waals surface area contributed by atoms with Crippen LogP contribution in [0.5, 0.6) is 0 Å². The standard InChI is InChI=1S/C21H28N4O2/c26-20(14-16-7-8-18-19(13-16)23-15-22-18)24-9-4-10-25(12-11-24)21(27)17-5-2-1-3-6-17/h7-8,13,15,17H,1-6,9-12,14H2,(H,22,23). The van der Waals surface area contributed by atoms with Gasteiger partial charge < -0.3 is 14.8 Å². The van der Waals surface area contributed by atoms with Gasteiger partial charge in [0.2, 0.25) is 11.8 Å². The second-order valence-corrected chi connectivity index (χ2v) is 7.83. The highest BCUT2D eigenvalue weighted by atomic mass is 16.2. The first kappa shape index (κ1) is 18.0. The number of fused-ring (bicyclic) bond motifs is 1. The summed E-state index contributed by atoms with van der Waals surface area (Å²) in [5, 5.41) is 0. The van der Waals surface area contributed by atoms with Gasteiger partial charge in [-0.2, -0.15) is 0 Å². The fourth-order valence-electron chi connectivity index (χ4n) is 4.37. The molecule has 1 aromatic heterocycles. The van der Waals surface area contributed by atoms with Gasteiger partial charge in [0, 0.05) is 32.1 Å². The number of H-pyrrole nitrogens is 1. The van der Waals surface area contributed by atoms with Crippen molar-refractivity contribution < 1.29 is 9.59 Å². The van der Waals surface area contributed by atoms with Crippen LogP contribution in [-0.2, 0) is 16.0 Å². The fraction of sp³-hybridized carbons (Fsp3) is 0.571. The molecule has 0 bridgehead atoms. The maximum absolute atomic E-state index is 12.8. The van der Waals surface area contributed by atoms with Crippen molar-refractivity contribution in [1.82, 2.24) is 19.8 Å². The molecule has 2 amide bonds. The molecule has 0 radical (unpaired) electrons. The molecule has 144 valence electrons. The van der Waals surface area contributed by atoms with Gasteiger partial charge in [-0.25, -0.2) is 4.98 Å². The van der Waals surface area contributed by atoms with E-state index >= 15 is 0 Å². The molecule has 0 atom stereocenters. The molecule has 0 unspecified atom stereocenters. The van der Waals surface area contributed by atoms with Crippen molar-refractivity contribution >= 4 is 22.8 Å². The summed E-state index contributed by atoms with van der Waals surface area (Å²) in [7, 11) is 0. The maximum atomic E-state index is 12.8. The van der Waals surface area contributed by atoms with Crippen LogP contribution in [0.3, 0.4) is 0 Å². The Morgan fingerprint density at radius 1 is 1.00 bits per heavy atom. The van der Waals surface area contributed by atoms with Crippen LogP contribution < -0.4 is 0 Å². The van der Waals surface area contributed by atoms with Crippen LogP contribution in [0, 0.1) is 5.92 Å². The predicted octanol–water partition coefficient (Wildman–Crippen LogP) is 2.75. The minimum Gasteiger partial charge on any atom is -0.345 e. The number of aromatic nitrogens is 2. The van der Waals surface area contributed by atoms with E-state index in [0.717, 1.165) is 48.9 Å². The number of benzene rings is 1. The van der Waals surface area contributed by atoms with E-state index in [-0.39, 0.29) is 11.8 Å². The molecule has 6 heteroatoms. The Labute approximate surface area is 159 Å². The minimum atomic E-state index is 0.140. The van der Waals surface area contributed by atoms with Crippen molar-refractivity contribution in [2.75, 3.05) is 26.2 Å². The molecule has 4 rings (SSSR count). The molecule has 2 aromatic rings. The molecule has 1 N–H and O–H groups in total. The van der Waals surface area contributed by atoms with Crippen molar-refractivity contribution in [2.45, 2.75) is 44.9 Å². The summed E-state index contributed by atoms with van der Waals surface area (Å²) in [4.78, 5) is 36.8. The van der Waals surface area contributed by atoms with Crippen molar-refractivity contribution in [3.8, 4) is 0 Å². The Hall–Kier alpha value is -2.37. The number of nitrogens with one attached hydrogen (secondary N) is 1. The molecule has 6 nitrogen and oxygen atoms in total. The molecule has 1 saturated heterocycles. The molecule has 1 aliphatic heterocycles. The van der Waals surface area contributed by atoms with E-state index in [4.69, 9.17) is 0 Å². The van der Waals surface area contributed by atoms with Gasteiger partial charge in [-0.05, 0) is 37.0 Å². The van der Waals surface area contributed by atoms with E-state index in [2.05, 4.69) is 9.97 Å². The molecule has 27 heavy (non-hydrogen) atoms. The van der Waals surface area contributed by atoms with Crippen LogP contribution in [0.1, 0.15) is 44.1 Å². The summed E-state index contributed by atoms with van der Waals surface area (Å²) >= 11 is 0. The summed E-state index contributed by atoms with van der Waals surface area (Å²) in [6.07, 6.45) is 8.61. The quantitative estimate of drug-likeness (QED) is 0.906. The lowest BCUT2D eigenvalue weighted by atomic mass is 9.88. The van der Waals surface area contributed by atoms with E-state index in [9.17, 15) is 9.59 Å². The van der Waals surface area contributed by atoms with Gasteiger partial charge in [-0.1, -0.05) is 25.3 Å². The van der Waals surface area contributed by atoms with Crippen molar-refractivity contribution in [2.24, 2.45) is 5.92 Å². The SMILES string of the molecule is O=C(Cc1ccc2nc[nH]c2c1)N1CCCN(C(=O)C2CCCCC2)CC1. The van der Waals surface area contributed by atoms with E-state index in [0.29, 0.717) is 25.4 Å². The smallest absolute Gasteiger partial charge is 0.227 e. The Balaban J connectivity index is 1.34. The van der Waals surface area contributed by atoms with Crippen LogP contribution in [-0.4, -0.2) is 57.8 Å². The fourth-order valence-corrected chi connectivity index (χ4v) is 4.37. The second-order valence-electron chi connectivity index (χ2n) is 7.83. The first-order valence-electron chi connectivity index (χ1n) is 10.2. The first-order valence-corrected chi connectivity index (χ1v) is 10.2. The number of aromatic amines is 1. The largest absolute Gasteiger partial charge is 0.345 e. The number of imidazole rings is 1. The topological polar surface area (TPSA) is 69.3 Å². The van der Waals surface area contributed by atoms with Gasteiger partial charge in [0.15, 0.2) is 0 Å². The van der Waals surface area contributed by atoms with Gasteiger partial charge in [0.1, 0.15) is 0 Å². The van der Waals surface area contributed by atoms with Crippen LogP contribution in [0.2, 0.25) is 0 Å². The lowest BCUT2D eigenvalue weighted by Gasteiger charge is -2.28. The Kier molecular flexibility index (Phi) is 5.41. The first-order chi connectivity index (χ1) is 13.2. The highest BCUT2D eigenvalue weighted by Crippen LogP contribution is 2.26. The molecule has 1 aromatic carbocycles. The molecule has 1 aliphatic carbocycles. The summed E-state index contributed by atoms with van der Waals surface area (Å²) in [5.41, 5.74) is 2.87. The summed E-state index contributed by atoms with van der Waals surface area (Å²) in [5.74, 6) is 0.664. The zero-order valence-corrected chi connectivity index (χ0v) is 15.8. The third-order valence-corrected chi connectivity index (χ3v) is 5.95. The van der Waals surface area contributed by atoms with Gasteiger partial charge >= 0.3 is 0 Å². The highest BCUT2D eigenvalue weighted by molar-refractivity contribution is 5.82. The van der Waals surface area contributed by atoms with Crippen LogP contribution in [0.25, 0.3) is 11.0 Å². The number of rotatable bonds is 3. The molecule has 1 saturated carbocycles. The minimum absolute atomic E-state index is 0.140. The monoisotopic (exact) mass is 368 g/mol. The third kappa shape index (κ3) is 4.15. The number of carbonyl (C=O) groups is 2. The van der Waals surface area contributed by atoms with Crippen LogP contribution in [0.15, 0.2) is 24.5 Å². The van der Waals surface area contributed by atoms with Crippen molar-refractivity contribution in [3.05, 3.63) is 30.1 Å². The maximum Gasteiger partial charge on any atom is 0.227 e. The lowest BCUT2D eigenvalue weighted by Crippen LogP contribution is -2.40. The summed E-state index contributed by atoms with van der Waals surface area (Å²) < 4.78 is 0. The molecule has 2 heterocycles. The third-order valence-electron chi connectivity index (χ3n) is 5.95. The van der Waals surface area contributed by atoms with Gasteiger partial charge in [-0.3, -0.25) is 9.59 Å². The van der Waals surface area contributed by atoms with E-state index in [1.54, 1.807) is 6.33 Å². The van der Waals surface area contributed by atoms with Gasteiger partial charge in [-0.15, -0.1) is 0 Å². The average molecular weight is 368 g/mol. The number of hydrogen-bond donors (Lipinski definition) is 1. The second kappa shape index (κ2) is 8.11. The Morgan fingerprint density at radius 3 is 2.63 bits per heavy atom. The normalized spacial score (nSPS) is 19.3. The number of carbonyl (C=O) groups excluding carboxylic acids is 2. The van der Waals surface area contributed by atoms with Gasteiger partial charge in [0.25, 0.3) is 0 Å². The molecular formula is C21H28N4O2. The number of amides is 2. The predicted molar refractivity (Wildman–Crippen MR) is 104 cm³/mol. The van der Waals surface area contributed by atoms with Crippen LogP contribution in [0.4, 0.5) is 0 Å². The summed E-state index contributed by atoms with van der Waals surface area (Å²) in [6, 6.07) is 5.91. The van der Waals surface area contributed by atoms with E-state index in [1.165, 1.54) is 19.3 Å². The highest BCUT2D eigenvalue weighted by Gasteiger charge is 2.28. The number of hydrogen-bond acceptors (Lipinski definition) is 3. The zero-order chi connectivity index (χ0) is 18.6. The molecule has 0 spiro atoms. The van der Waals surface area contributed by atoms with Crippen molar-refractivity contribution in [1.29, 1.82) is 0 Å². The summed E-state index contributed by atoms with van der Waals surface area (Å²) in [6.45, 7) is 2.82. The lowest BCUT2D eigenvalue weighted by molar-refractivity contribution is -0.137. The van der Waals surface area contributed by atoms with Crippen LogP contribution >= 0.6 is 0 Å². The average Bonchev–Trinajstić information content (AvgIpc) is 3.02. The van der Waals surface area contributed by atoms with E-state index < -0.39 is 0 Å². The number of nitrogens with zero attached hydrogens (tertiary/aromatic N) is 3. The van der Waals surface area contributed by atoms with Crippen molar-refractivity contribution in [3.63, 3.8) is 0 Å². The molecular weight excluding hydrogens is 340 g/mol. The zero-order valence-electron chi connectivity index (χ0n) is 15.8. The Bertz CT molecular complexity index is 809. The van der Waals surface area contributed by atoms with E-state index in [1.807, 2.05) is 28.0 Å². The van der Waals surface area contributed by atoms with Gasteiger partial charge in [0.05, 0.1) is 23.8 Å². The molecule has 2 aliphatic rings.